The van der Waals surface area contributed by atoms with E-state index in [1.165, 1.54) is 11.3 Å². The van der Waals surface area contributed by atoms with Gasteiger partial charge in [0.1, 0.15) is 0 Å². The number of carbonyl (C=O) groups is 1. The largest absolute Gasteiger partial charge is 0.391 e. The van der Waals surface area contributed by atoms with Crippen molar-refractivity contribution in [3.05, 3.63) is 21.9 Å². The van der Waals surface area contributed by atoms with Crippen LogP contribution in [-0.4, -0.2) is 29.7 Å². The van der Waals surface area contributed by atoms with Gasteiger partial charge in [-0.15, -0.1) is 11.3 Å². The maximum absolute atomic E-state index is 12.2. The van der Waals surface area contributed by atoms with E-state index in [4.69, 9.17) is 5.73 Å². The number of thiophene rings is 1. The van der Waals surface area contributed by atoms with E-state index >= 15 is 0 Å². The van der Waals surface area contributed by atoms with E-state index in [9.17, 15) is 9.90 Å². The average Bonchev–Trinajstić information content (AvgIpc) is 2.83. The molecule has 0 saturated heterocycles. The van der Waals surface area contributed by atoms with Crippen molar-refractivity contribution in [2.75, 3.05) is 6.54 Å². The third-order valence-corrected chi connectivity index (χ3v) is 4.32. The first-order chi connectivity index (χ1) is 9.70. The van der Waals surface area contributed by atoms with Crippen molar-refractivity contribution in [3.8, 4) is 11.8 Å². The molecule has 1 amide bonds. The number of hydrogen-bond acceptors (Lipinski definition) is 4. The zero-order valence-electron chi connectivity index (χ0n) is 11.4. The fourth-order valence-corrected chi connectivity index (χ4v) is 3.12. The summed E-state index contributed by atoms with van der Waals surface area (Å²) in [4.78, 5) is 13.0. The quantitative estimate of drug-likeness (QED) is 0.571. The molecule has 20 heavy (non-hydrogen) atoms. The van der Waals surface area contributed by atoms with Gasteiger partial charge in [0.25, 0.3) is 5.91 Å². The summed E-state index contributed by atoms with van der Waals surface area (Å²) in [5, 5.41) is 14.7. The summed E-state index contributed by atoms with van der Waals surface area (Å²) < 4.78 is 0. The van der Waals surface area contributed by atoms with E-state index in [1.54, 1.807) is 11.4 Å². The maximum Gasteiger partial charge on any atom is 0.252 e. The zero-order chi connectivity index (χ0) is 14.4. The summed E-state index contributed by atoms with van der Waals surface area (Å²) in [7, 11) is 0. The fourth-order valence-electron chi connectivity index (χ4n) is 2.37. The third kappa shape index (κ3) is 4.07. The highest BCUT2D eigenvalue weighted by Gasteiger charge is 2.23. The van der Waals surface area contributed by atoms with Crippen LogP contribution in [0.1, 0.15) is 47.3 Å². The Morgan fingerprint density at radius 2 is 2.25 bits per heavy atom. The molecular weight excluding hydrogens is 272 g/mol. The molecular formula is C15H20N2O2S. The summed E-state index contributed by atoms with van der Waals surface area (Å²) in [5.41, 5.74) is 5.93. The van der Waals surface area contributed by atoms with Crippen molar-refractivity contribution in [1.29, 1.82) is 0 Å². The van der Waals surface area contributed by atoms with Crippen LogP contribution in [0, 0.1) is 11.8 Å². The van der Waals surface area contributed by atoms with Crippen molar-refractivity contribution in [2.45, 2.75) is 44.2 Å². The normalized spacial score (nSPS) is 22.5. The van der Waals surface area contributed by atoms with Crippen LogP contribution in [0.4, 0.5) is 0 Å². The first-order valence-electron chi connectivity index (χ1n) is 6.97. The van der Waals surface area contributed by atoms with Crippen molar-refractivity contribution in [2.24, 2.45) is 5.73 Å². The monoisotopic (exact) mass is 292 g/mol. The van der Waals surface area contributed by atoms with Gasteiger partial charge in [0.2, 0.25) is 0 Å². The van der Waals surface area contributed by atoms with Gasteiger partial charge in [0.15, 0.2) is 0 Å². The van der Waals surface area contributed by atoms with Crippen LogP contribution in [0.5, 0.6) is 0 Å². The predicted molar refractivity (Wildman–Crippen MR) is 80.6 cm³/mol. The molecule has 2 rings (SSSR count). The lowest BCUT2D eigenvalue weighted by Crippen LogP contribution is -2.42. The molecule has 5 heteroatoms. The van der Waals surface area contributed by atoms with Gasteiger partial charge >= 0.3 is 0 Å². The Labute approximate surface area is 123 Å². The summed E-state index contributed by atoms with van der Waals surface area (Å²) in [6.45, 7) is 0.313. The lowest BCUT2D eigenvalue weighted by molar-refractivity contribution is 0.0819. The van der Waals surface area contributed by atoms with Gasteiger partial charge in [-0.3, -0.25) is 4.79 Å². The molecule has 2 atom stereocenters. The van der Waals surface area contributed by atoms with Crippen molar-refractivity contribution in [1.82, 2.24) is 5.32 Å². The molecule has 0 radical (unpaired) electrons. The first-order valence-corrected chi connectivity index (χ1v) is 7.85. The topological polar surface area (TPSA) is 75.4 Å². The fraction of sp³-hybridized carbons (Fsp3) is 0.533. The second-order valence-corrected chi connectivity index (χ2v) is 5.90. The molecule has 1 aromatic rings. The van der Waals surface area contributed by atoms with Crippen LogP contribution in [0.3, 0.4) is 0 Å². The van der Waals surface area contributed by atoms with Crippen molar-refractivity contribution >= 4 is 17.2 Å². The van der Waals surface area contributed by atoms with Crippen LogP contribution in [-0.2, 0) is 0 Å². The highest BCUT2D eigenvalue weighted by atomic mass is 32.1. The molecule has 0 bridgehead atoms. The van der Waals surface area contributed by atoms with E-state index in [0.717, 1.165) is 37.0 Å². The molecule has 0 aromatic carbocycles. The summed E-state index contributed by atoms with van der Waals surface area (Å²) in [5.74, 6) is 5.55. The van der Waals surface area contributed by atoms with E-state index < -0.39 is 6.10 Å². The van der Waals surface area contributed by atoms with E-state index in [1.807, 2.05) is 0 Å². The lowest BCUT2D eigenvalue weighted by Gasteiger charge is -2.21. The van der Waals surface area contributed by atoms with Gasteiger partial charge in [0.05, 0.1) is 29.1 Å². The predicted octanol–water partition coefficient (Wildman–Crippen LogP) is 1.48. The molecule has 1 aliphatic carbocycles. The Kier molecular flexibility index (Phi) is 5.60. The summed E-state index contributed by atoms with van der Waals surface area (Å²) in [6, 6.07) is 1.63. The second-order valence-electron chi connectivity index (χ2n) is 4.99. The van der Waals surface area contributed by atoms with Crippen LogP contribution in [0.2, 0.25) is 0 Å². The Morgan fingerprint density at radius 1 is 1.45 bits per heavy atom. The Morgan fingerprint density at radius 3 is 3.05 bits per heavy atom. The van der Waals surface area contributed by atoms with Crippen LogP contribution < -0.4 is 11.1 Å². The molecule has 4 N–H and O–H groups in total. The minimum Gasteiger partial charge on any atom is -0.391 e. The number of nitrogens with two attached hydrogens (primary N) is 1. The van der Waals surface area contributed by atoms with E-state index in [0.29, 0.717) is 12.1 Å². The number of rotatable bonds is 2. The highest BCUT2D eigenvalue weighted by Crippen LogP contribution is 2.19. The van der Waals surface area contributed by atoms with Crippen LogP contribution in [0.15, 0.2) is 11.4 Å². The van der Waals surface area contributed by atoms with Gasteiger partial charge in [-0.2, -0.15) is 0 Å². The molecule has 2 unspecified atom stereocenters. The van der Waals surface area contributed by atoms with Gasteiger partial charge in [-0.25, -0.2) is 0 Å². The smallest absolute Gasteiger partial charge is 0.252 e. The number of amides is 1. The van der Waals surface area contributed by atoms with Crippen molar-refractivity contribution in [3.63, 3.8) is 0 Å². The number of aliphatic hydroxyl groups excluding tert-OH is 1. The number of aliphatic hydroxyl groups is 1. The number of nitrogens with one attached hydrogen (secondary N) is 1. The SMILES string of the molecule is NCC#Cc1cc(C(=O)NC2CCCCCC2O)cs1. The van der Waals surface area contributed by atoms with Crippen molar-refractivity contribution < 1.29 is 9.90 Å². The van der Waals surface area contributed by atoms with Gasteiger partial charge in [-0.05, 0) is 18.9 Å². The molecule has 1 heterocycles. The molecule has 4 nitrogen and oxygen atoms in total. The standard InChI is InChI=1S/C15H20N2O2S/c16-8-4-5-12-9-11(10-20-12)15(19)17-13-6-2-1-3-7-14(13)18/h9-10,13-14,18H,1-3,6-8,16H2,(H,17,19). The molecule has 1 aromatic heterocycles. The molecule has 0 spiro atoms. The lowest BCUT2D eigenvalue weighted by atomic mass is 10.1. The summed E-state index contributed by atoms with van der Waals surface area (Å²) in [6.07, 6.45) is 4.39. The van der Waals surface area contributed by atoms with E-state index in [2.05, 4.69) is 17.2 Å². The Balaban J connectivity index is 1.98. The Hall–Kier alpha value is -1.35. The average molecular weight is 292 g/mol. The van der Waals surface area contributed by atoms with Gasteiger partial charge in [-0.1, -0.05) is 31.1 Å². The highest BCUT2D eigenvalue weighted by molar-refractivity contribution is 7.10. The van der Waals surface area contributed by atoms with E-state index in [-0.39, 0.29) is 11.9 Å². The number of carbonyl (C=O) groups excluding carboxylic acids is 1. The molecule has 1 fully saturated rings. The third-order valence-electron chi connectivity index (χ3n) is 3.47. The van der Waals surface area contributed by atoms with Gasteiger partial charge in [0, 0.05) is 5.38 Å². The molecule has 1 saturated carbocycles. The molecule has 108 valence electrons. The zero-order valence-corrected chi connectivity index (χ0v) is 12.2. The van der Waals surface area contributed by atoms with Crippen LogP contribution >= 0.6 is 11.3 Å². The van der Waals surface area contributed by atoms with Gasteiger partial charge < -0.3 is 16.2 Å². The minimum absolute atomic E-state index is 0.131. The Bertz CT molecular complexity index is 515. The molecule has 0 aliphatic heterocycles. The first kappa shape index (κ1) is 15.0. The summed E-state index contributed by atoms with van der Waals surface area (Å²) >= 11 is 1.43. The second kappa shape index (κ2) is 7.44. The maximum atomic E-state index is 12.2. The minimum atomic E-state index is -0.434. The number of hydrogen-bond donors (Lipinski definition) is 3. The van der Waals surface area contributed by atoms with Crippen LogP contribution in [0.25, 0.3) is 0 Å². The molecule has 1 aliphatic rings.